The van der Waals surface area contributed by atoms with Crippen LogP contribution in [0.3, 0.4) is 0 Å². The van der Waals surface area contributed by atoms with Crippen molar-refractivity contribution in [2.45, 2.75) is 20.0 Å². The van der Waals surface area contributed by atoms with Gasteiger partial charge in [-0.1, -0.05) is 30.3 Å². The highest BCUT2D eigenvalue weighted by molar-refractivity contribution is 5.93. The molecule has 152 valence electrons. The zero-order chi connectivity index (χ0) is 20.9. The molecule has 0 aliphatic heterocycles. The fourth-order valence-electron chi connectivity index (χ4n) is 3.45. The summed E-state index contributed by atoms with van der Waals surface area (Å²) in [6, 6.07) is 19.5. The van der Waals surface area contributed by atoms with E-state index in [1.54, 1.807) is 36.5 Å². The van der Waals surface area contributed by atoms with Crippen LogP contribution in [0.25, 0.3) is 11.0 Å². The Kier molecular flexibility index (Phi) is 5.75. The predicted molar refractivity (Wildman–Crippen MR) is 116 cm³/mol. The highest BCUT2D eigenvalue weighted by atomic mass is 16.5. The lowest BCUT2D eigenvalue weighted by atomic mass is 10.2. The molecule has 30 heavy (non-hydrogen) atoms. The van der Waals surface area contributed by atoms with Gasteiger partial charge < -0.3 is 14.2 Å². The summed E-state index contributed by atoms with van der Waals surface area (Å²) in [4.78, 5) is 23.2. The van der Waals surface area contributed by atoms with Crippen molar-refractivity contribution >= 4 is 16.9 Å². The molecule has 4 rings (SSSR count). The van der Waals surface area contributed by atoms with E-state index in [1.807, 2.05) is 55.5 Å². The van der Waals surface area contributed by atoms with Crippen molar-refractivity contribution in [3.05, 3.63) is 90.0 Å². The summed E-state index contributed by atoms with van der Waals surface area (Å²) in [5.74, 6) is 1.62. The first-order valence-corrected chi connectivity index (χ1v) is 9.91. The lowest BCUT2D eigenvalue weighted by molar-refractivity contribution is 0.0779. The fourth-order valence-corrected chi connectivity index (χ4v) is 3.45. The second-order valence-corrected chi connectivity index (χ2v) is 7.19. The van der Waals surface area contributed by atoms with Gasteiger partial charge in [0.15, 0.2) is 0 Å². The Morgan fingerprint density at radius 1 is 1.07 bits per heavy atom. The molecule has 0 aliphatic rings. The number of nitrogens with zero attached hydrogens (tertiary/aromatic N) is 4. The van der Waals surface area contributed by atoms with Gasteiger partial charge in [0.05, 0.1) is 29.7 Å². The van der Waals surface area contributed by atoms with E-state index in [-0.39, 0.29) is 5.91 Å². The third-order valence-electron chi connectivity index (χ3n) is 5.03. The van der Waals surface area contributed by atoms with Crippen LogP contribution in [0.4, 0.5) is 0 Å². The van der Waals surface area contributed by atoms with Gasteiger partial charge in [0.2, 0.25) is 0 Å². The first kappa shape index (κ1) is 19.6. The molecule has 1 amide bonds. The lowest BCUT2D eigenvalue weighted by Gasteiger charge is -2.18. The summed E-state index contributed by atoms with van der Waals surface area (Å²) in [6.45, 7) is 3.58. The lowest BCUT2D eigenvalue weighted by Crippen LogP contribution is -2.28. The number of aromatic nitrogens is 3. The zero-order valence-corrected chi connectivity index (χ0v) is 17.2. The van der Waals surface area contributed by atoms with Gasteiger partial charge >= 0.3 is 0 Å². The van der Waals surface area contributed by atoms with E-state index in [0.29, 0.717) is 25.3 Å². The van der Waals surface area contributed by atoms with E-state index in [9.17, 15) is 4.79 Å². The van der Waals surface area contributed by atoms with Crippen LogP contribution in [0.5, 0.6) is 5.75 Å². The fraction of sp³-hybridized carbons (Fsp3) is 0.208. The van der Waals surface area contributed by atoms with E-state index < -0.39 is 0 Å². The molecule has 0 atom stereocenters. The van der Waals surface area contributed by atoms with Crippen LogP contribution >= 0.6 is 0 Å². The van der Waals surface area contributed by atoms with Crippen molar-refractivity contribution in [2.75, 3.05) is 13.7 Å². The number of hydrogen-bond donors (Lipinski definition) is 0. The number of benzene rings is 2. The number of rotatable bonds is 7. The molecule has 6 heteroatoms. The summed E-state index contributed by atoms with van der Waals surface area (Å²) in [6.07, 6.45) is 3.24. The molecule has 6 nitrogen and oxygen atoms in total. The maximum absolute atomic E-state index is 12.7. The number of amides is 1. The molecule has 4 aromatic rings. The number of hydrogen-bond acceptors (Lipinski definition) is 4. The molecule has 2 aromatic heterocycles. The maximum Gasteiger partial charge on any atom is 0.255 e. The third kappa shape index (κ3) is 4.17. The van der Waals surface area contributed by atoms with Gasteiger partial charge in [-0.25, -0.2) is 4.98 Å². The van der Waals surface area contributed by atoms with Crippen molar-refractivity contribution in [3.8, 4) is 5.75 Å². The SMILES string of the molecule is Cc1ccccc1OCCn1c(CN(C)C(=O)c2cccnc2)nc2ccccc21. The summed E-state index contributed by atoms with van der Waals surface area (Å²) in [5, 5.41) is 0. The summed E-state index contributed by atoms with van der Waals surface area (Å²) in [5.41, 5.74) is 3.61. The molecular formula is C24H24N4O2. The third-order valence-corrected chi connectivity index (χ3v) is 5.03. The quantitative estimate of drug-likeness (QED) is 0.469. The van der Waals surface area contributed by atoms with Crippen molar-refractivity contribution in [2.24, 2.45) is 0 Å². The van der Waals surface area contributed by atoms with Gasteiger partial charge in [0, 0.05) is 19.4 Å². The van der Waals surface area contributed by atoms with Crippen LogP contribution in [0.15, 0.2) is 73.1 Å². The highest BCUT2D eigenvalue weighted by Crippen LogP contribution is 2.19. The number of imidazole rings is 1. The number of fused-ring (bicyclic) bond motifs is 1. The summed E-state index contributed by atoms with van der Waals surface area (Å²) >= 11 is 0. The molecular weight excluding hydrogens is 376 g/mol. The predicted octanol–water partition coefficient (Wildman–Crippen LogP) is 4.09. The molecule has 2 aromatic carbocycles. The minimum atomic E-state index is -0.0853. The van der Waals surface area contributed by atoms with E-state index in [4.69, 9.17) is 9.72 Å². The van der Waals surface area contributed by atoms with Crippen molar-refractivity contribution in [3.63, 3.8) is 0 Å². The average Bonchev–Trinajstić information content (AvgIpc) is 3.12. The molecule has 2 heterocycles. The number of aryl methyl sites for hydroxylation is 1. The van der Waals surface area contributed by atoms with Gasteiger partial charge in [0.1, 0.15) is 18.2 Å². The number of para-hydroxylation sites is 3. The van der Waals surface area contributed by atoms with Gasteiger partial charge in [-0.3, -0.25) is 9.78 Å². The largest absolute Gasteiger partial charge is 0.491 e. The number of ether oxygens (including phenoxy) is 1. The summed E-state index contributed by atoms with van der Waals surface area (Å²) < 4.78 is 8.12. The van der Waals surface area contributed by atoms with Crippen LogP contribution in [0.1, 0.15) is 21.7 Å². The Labute approximate surface area is 175 Å². The second-order valence-electron chi connectivity index (χ2n) is 7.19. The van der Waals surface area contributed by atoms with Gasteiger partial charge in [0.25, 0.3) is 5.91 Å². The van der Waals surface area contributed by atoms with Crippen LogP contribution in [-0.2, 0) is 13.1 Å². The van der Waals surface area contributed by atoms with Gasteiger partial charge in [-0.15, -0.1) is 0 Å². The number of carbonyl (C=O) groups is 1. The first-order chi connectivity index (χ1) is 14.6. The van der Waals surface area contributed by atoms with Crippen LogP contribution < -0.4 is 4.74 Å². The molecule has 0 aliphatic carbocycles. The zero-order valence-electron chi connectivity index (χ0n) is 17.2. The van der Waals surface area contributed by atoms with Gasteiger partial charge in [-0.2, -0.15) is 0 Å². The molecule has 0 spiro atoms. The monoisotopic (exact) mass is 400 g/mol. The normalized spacial score (nSPS) is 10.9. The number of carbonyl (C=O) groups excluding carboxylic acids is 1. The van der Waals surface area contributed by atoms with Gasteiger partial charge in [-0.05, 0) is 42.8 Å². The molecule has 0 saturated carbocycles. The Bertz CT molecular complexity index is 1150. The Morgan fingerprint density at radius 2 is 1.87 bits per heavy atom. The van der Waals surface area contributed by atoms with E-state index >= 15 is 0 Å². The minimum absolute atomic E-state index is 0.0853. The molecule has 0 radical (unpaired) electrons. The first-order valence-electron chi connectivity index (χ1n) is 9.91. The Morgan fingerprint density at radius 3 is 2.67 bits per heavy atom. The van der Waals surface area contributed by atoms with Crippen molar-refractivity contribution in [1.82, 2.24) is 19.4 Å². The standard InChI is InChI=1S/C24H24N4O2/c1-18-8-3-6-12-22(18)30-15-14-28-21-11-5-4-10-20(21)26-23(28)17-27(2)24(29)19-9-7-13-25-16-19/h3-13,16H,14-15,17H2,1-2H3. The molecule has 0 fully saturated rings. The number of pyridine rings is 1. The summed E-state index contributed by atoms with van der Waals surface area (Å²) in [7, 11) is 1.78. The van der Waals surface area contributed by atoms with E-state index in [2.05, 4.69) is 9.55 Å². The molecule has 0 N–H and O–H groups in total. The Hall–Kier alpha value is -3.67. The highest BCUT2D eigenvalue weighted by Gasteiger charge is 2.17. The second kappa shape index (κ2) is 8.78. The molecule has 0 unspecified atom stereocenters. The smallest absolute Gasteiger partial charge is 0.255 e. The average molecular weight is 400 g/mol. The van der Waals surface area contributed by atoms with Crippen molar-refractivity contribution in [1.29, 1.82) is 0 Å². The van der Waals surface area contributed by atoms with Crippen LogP contribution in [0.2, 0.25) is 0 Å². The minimum Gasteiger partial charge on any atom is -0.491 e. The maximum atomic E-state index is 12.7. The van der Waals surface area contributed by atoms with Crippen LogP contribution in [-0.4, -0.2) is 39.0 Å². The van der Waals surface area contributed by atoms with E-state index in [0.717, 1.165) is 28.2 Å². The van der Waals surface area contributed by atoms with Crippen LogP contribution in [0, 0.1) is 6.92 Å². The topological polar surface area (TPSA) is 60.2 Å². The molecule has 0 bridgehead atoms. The molecule has 0 saturated heterocycles. The Balaban J connectivity index is 1.54. The van der Waals surface area contributed by atoms with E-state index in [1.165, 1.54) is 0 Å². The van der Waals surface area contributed by atoms with Crippen molar-refractivity contribution < 1.29 is 9.53 Å².